The van der Waals surface area contributed by atoms with Crippen LogP contribution in [-0.4, -0.2) is 59.1 Å². The first-order valence-corrected chi connectivity index (χ1v) is 13.3. The van der Waals surface area contributed by atoms with Crippen molar-refractivity contribution < 1.29 is 28.5 Å². The molecule has 2 N–H and O–H groups in total. The zero-order valence-corrected chi connectivity index (χ0v) is 23.9. The van der Waals surface area contributed by atoms with Crippen molar-refractivity contribution in [1.82, 2.24) is 19.7 Å². The van der Waals surface area contributed by atoms with Gasteiger partial charge in [0.15, 0.2) is 11.6 Å². The van der Waals surface area contributed by atoms with Crippen LogP contribution in [0.1, 0.15) is 22.8 Å². The monoisotopic (exact) mass is 589 g/mol. The van der Waals surface area contributed by atoms with Crippen LogP contribution in [0, 0.1) is 0 Å². The third kappa shape index (κ3) is 6.64. The number of hydrogen-bond donors (Lipinski definition) is 2. The van der Waals surface area contributed by atoms with Gasteiger partial charge in [-0.05, 0) is 48.0 Å². The van der Waals surface area contributed by atoms with Gasteiger partial charge in [-0.25, -0.2) is 4.98 Å². The molecule has 0 fully saturated rings. The number of nitrogens with one attached hydrogen (secondary N) is 2. The van der Waals surface area contributed by atoms with E-state index >= 15 is 0 Å². The fourth-order valence-corrected chi connectivity index (χ4v) is 4.49. The van der Waals surface area contributed by atoms with E-state index in [-0.39, 0.29) is 25.1 Å². The number of amides is 1. The number of benzene rings is 3. The van der Waals surface area contributed by atoms with Gasteiger partial charge >= 0.3 is 5.97 Å². The number of nitrogens with zero attached hydrogens (tertiary/aromatic N) is 3. The lowest BCUT2D eigenvalue weighted by Crippen LogP contribution is -2.13. The fourth-order valence-electron chi connectivity index (χ4n) is 4.23. The number of esters is 1. The minimum Gasteiger partial charge on any atom is -0.497 e. The molecule has 216 valence electrons. The predicted molar refractivity (Wildman–Crippen MR) is 157 cm³/mol. The summed E-state index contributed by atoms with van der Waals surface area (Å²) in [6.07, 6.45) is 0. The Labute approximate surface area is 246 Å². The molecule has 0 spiro atoms. The van der Waals surface area contributed by atoms with Gasteiger partial charge in [0.05, 0.1) is 36.8 Å². The lowest BCUT2D eigenvalue weighted by molar-refractivity contribution is -0.141. The van der Waals surface area contributed by atoms with Gasteiger partial charge in [-0.15, -0.1) is 0 Å². The summed E-state index contributed by atoms with van der Waals surface area (Å²) in [5.41, 5.74) is 3.44. The lowest BCUT2D eigenvalue weighted by Gasteiger charge is -2.07. The van der Waals surface area contributed by atoms with Crippen molar-refractivity contribution in [2.75, 3.05) is 32.8 Å². The molecule has 1 amide bonds. The number of ether oxygens (including phenoxy) is 4. The minimum atomic E-state index is -0.375. The summed E-state index contributed by atoms with van der Waals surface area (Å²) in [6.45, 7) is 2.14. The van der Waals surface area contributed by atoms with Gasteiger partial charge in [-0.2, -0.15) is 5.10 Å². The number of anilines is 1. The third-order valence-electron chi connectivity index (χ3n) is 6.28. The number of rotatable bonds is 11. The van der Waals surface area contributed by atoms with Crippen molar-refractivity contribution in [3.63, 3.8) is 0 Å². The molecule has 5 aromatic rings. The number of hydrogen-bond acceptors (Lipinski definition) is 8. The highest BCUT2D eigenvalue weighted by Crippen LogP contribution is 2.28. The normalized spacial score (nSPS) is 10.9. The second-order valence-electron chi connectivity index (χ2n) is 9.18. The Bertz CT molecular complexity index is 1730. The summed E-state index contributed by atoms with van der Waals surface area (Å²) < 4.78 is 22.8. The number of H-pyrrole nitrogens is 1. The van der Waals surface area contributed by atoms with E-state index in [0.29, 0.717) is 51.5 Å². The van der Waals surface area contributed by atoms with Crippen molar-refractivity contribution in [1.29, 1.82) is 0 Å². The first-order valence-electron chi connectivity index (χ1n) is 12.9. The summed E-state index contributed by atoms with van der Waals surface area (Å²) in [5.74, 6) is 1.97. The SMILES string of the molecule is COc1ccc(Cn2nc(NC(=O)c3ccc(OC)c(Cl)c3)cc2-c2nc3ccc(OCCOC(C)=O)cc3[nH]2)cc1. The molecule has 0 atom stereocenters. The van der Waals surface area contributed by atoms with Gasteiger partial charge in [-0.3, -0.25) is 14.3 Å². The molecule has 0 bridgehead atoms. The molecule has 0 saturated carbocycles. The highest BCUT2D eigenvalue weighted by atomic mass is 35.5. The number of imidazole rings is 1. The average Bonchev–Trinajstić information content (AvgIpc) is 3.58. The minimum absolute atomic E-state index is 0.156. The molecule has 0 radical (unpaired) electrons. The molecule has 0 saturated heterocycles. The molecule has 2 aromatic heterocycles. The quantitative estimate of drug-likeness (QED) is 0.156. The van der Waals surface area contributed by atoms with Crippen LogP contribution in [-0.2, 0) is 16.1 Å². The number of aromatic nitrogens is 4. The average molecular weight is 590 g/mol. The summed E-state index contributed by atoms with van der Waals surface area (Å²) in [4.78, 5) is 32.1. The Balaban J connectivity index is 1.43. The lowest BCUT2D eigenvalue weighted by atomic mass is 10.2. The van der Waals surface area contributed by atoms with Crippen molar-refractivity contribution >= 4 is 40.3 Å². The van der Waals surface area contributed by atoms with Gasteiger partial charge in [0.2, 0.25) is 0 Å². The number of fused-ring (bicyclic) bond motifs is 1. The van der Waals surface area contributed by atoms with Gasteiger partial charge in [0.1, 0.15) is 36.2 Å². The molecule has 0 aliphatic rings. The molecular weight excluding hydrogens is 562 g/mol. The molecule has 0 aliphatic carbocycles. The van der Waals surface area contributed by atoms with E-state index in [1.807, 2.05) is 36.4 Å². The molecule has 12 heteroatoms. The van der Waals surface area contributed by atoms with Crippen LogP contribution in [0.15, 0.2) is 66.7 Å². The number of carbonyl (C=O) groups is 2. The van der Waals surface area contributed by atoms with E-state index in [1.54, 1.807) is 36.1 Å². The fraction of sp³-hybridized carbons (Fsp3) is 0.200. The smallest absolute Gasteiger partial charge is 0.302 e. The van der Waals surface area contributed by atoms with Crippen LogP contribution in [0.3, 0.4) is 0 Å². The van der Waals surface area contributed by atoms with Crippen molar-refractivity contribution in [2.24, 2.45) is 0 Å². The van der Waals surface area contributed by atoms with Gasteiger partial charge in [-0.1, -0.05) is 23.7 Å². The van der Waals surface area contributed by atoms with Crippen molar-refractivity contribution in [3.8, 4) is 28.8 Å². The second-order valence-corrected chi connectivity index (χ2v) is 9.58. The first kappa shape index (κ1) is 28.5. The first-order chi connectivity index (χ1) is 20.3. The van der Waals surface area contributed by atoms with E-state index in [4.69, 9.17) is 35.5 Å². The van der Waals surface area contributed by atoms with Crippen LogP contribution < -0.4 is 19.5 Å². The topological polar surface area (TPSA) is 130 Å². The Morgan fingerprint density at radius 2 is 1.74 bits per heavy atom. The van der Waals surface area contributed by atoms with Crippen molar-refractivity contribution in [3.05, 3.63) is 82.9 Å². The third-order valence-corrected chi connectivity index (χ3v) is 6.58. The molecule has 0 unspecified atom stereocenters. The van der Waals surface area contributed by atoms with Gasteiger partial charge < -0.3 is 29.2 Å². The standard InChI is InChI=1S/C30H28ClN5O6/c1-18(37)41-12-13-42-22-9-10-24-25(15-22)33-29(32-24)26-16-28(34-30(38)20-6-11-27(40-3)23(31)14-20)35-36(26)17-19-4-7-21(39-2)8-5-19/h4-11,14-16H,12-13,17H2,1-3H3,(H,32,33)(H,34,35,38). The Hall–Kier alpha value is -5.03. The number of halogens is 1. The van der Waals surface area contributed by atoms with E-state index in [9.17, 15) is 9.59 Å². The largest absolute Gasteiger partial charge is 0.497 e. The van der Waals surface area contributed by atoms with Gasteiger partial charge in [0.25, 0.3) is 5.91 Å². The molecule has 0 aliphatic heterocycles. The van der Waals surface area contributed by atoms with Crippen LogP contribution in [0.5, 0.6) is 17.2 Å². The maximum Gasteiger partial charge on any atom is 0.302 e. The molecule has 11 nitrogen and oxygen atoms in total. The molecule has 3 aromatic carbocycles. The Morgan fingerprint density at radius 3 is 2.45 bits per heavy atom. The number of aromatic amines is 1. The van der Waals surface area contributed by atoms with Gasteiger partial charge in [0, 0.05) is 24.6 Å². The Morgan fingerprint density at radius 1 is 0.952 bits per heavy atom. The summed E-state index contributed by atoms with van der Waals surface area (Å²) in [7, 11) is 3.12. The van der Waals surface area contributed by atoms with Crippen molar-refractivity contribution in [2.45, 2.75) is 13.5 Å². The van der Waals surface area contributed by atoms with Crippen LogP contribution in [0.25, 0.3) is 22.6 Å². The molecule has 2 heterocycles. The Kier molecular flexibility index (Phi) is 8.58. The van der Waals surface area contributed by atoms with Crippen LogP contribution >= 0.6 is 11.6 Å². The molecule has 5 rings (SSSR count). The second kappa shape index (κ2) is 12.6. The maximum atomic E-state index is 13.0. The molecular formula is C30H28ClN5O6. The maximum absolute atomic E-state index is 13.0. The van der Waals surface area contributed by atoms with E-state index in [2.05, 4.69) is 15.4 Å². The van der Waals surface area contributed by atoms with Crippen LogP contribution in [0.4, 0.5) is 5.82 Å². The predicted octanol–water partition coefficient (Wildman–Crippen LogP) is 5.34. The highest BCUT2D eigenvalue weighted by molar-refractivity contribution is 6.32. The zero-order valence-electron chi connectivity index (χ0n) is 23.1. The number of methoxy groups -OCH3 is 2. The summed E-state index contributed by atoms with van der Waals surface area (Å²) >= 11 is 6.22. The summed E-state index contributed by atoms with van der Waals surface area (Å²) in [6, 6.07) is 19.6. The van der Waals surface area contributed by atoms with E-state index in [0.717, 1.165) is 16.8 Å². The van der Waals surface area contributed by atoms with E-state index in [1.165, 1.54) is 20.1 Å². The zero-order chi connectivity index (χ0) is 29.6. The number of carbonyl (C=O) groups excluding carboxylic acids is 2. The highest BCUT2D eigenvalue weighted by Gasteiger charge is 2.18. The van der Waals surface area contributed by atoms with Crippen LogP contribution in [0.2, 0.25) is 5.02 Å². The molecule has 42 heavy (non-hydrogen) atoms. The van der Waals surface area contributed by atoms with E-state index < -0.39 is 0 Å². The summed E-state index contributed by atoms with van der Waals surface area (Å²) in [5, 5.41) is 7.84.